The monoisotopic (exact) mass is 303 g/mol. The molecule has 0 unspecified atom stereocenters. The summed E-state index contributed by atoms with van der Waals surface area (Å²) in [6.07, 6.45) is 2.50. The second kappa shape index (κ2) is 7.49. The summed E-state index contributed by atoms with van der Waals surface area (Å²) >= 11 is 0. The number of carbonyl (C=O) groups is 1. The van der Waals surface area contributed by atoms with Crippen molar-refractivity contribution in [2.45, 2.75) is 19.9 Å². The van der Waals surface area contributed by atoms with E-state index in [9.17, 15) is 4.79 Å². The van der Waals surface area contributed by atoms with Gasteiger partial charge in [0.15, 0.2) is 11.5 Å². The number of amides is 1. The maximum atomic E-state index is 12.0. The van der Waals surface area contributed by atoms with E-state index in [1.807, 2.05) is 25.1 Å². The molecule has 6 heteroatoms. The lowest BCUT2D eigenvalue weighted by Gasteiger charge is -2.09. The van der Waals surface area contributed by atoms with Gasteiger partial charge in [0.1, 0.15) is 5.69 Å². The van der Waals surface area contributed by atoms with Crippen molar-refractivity contribution in [2.75, 3.05) is 20.8 Å². The van der Waals surface area contributed by atoms with Crippen LogP contribution in [0.25, 0.3) is 0 Å². The number of hydrogen-bond donors (Lipinski definition) is 1. The molecule has 22 heavy (non-hydrogen) atoms. The van der Waals surface area contributed by atoms with E-state index in [0.717, 1.165) is 12.1 Å². The second-order valence-corrected chi connectivity index (χ2v) is 4.75. The lowest BCUT2D eigenvalue weighted by atomic mass is 10.1. The molecule has 1 aromatic heterocycles. The van der Waals surface area contributed by atoms with Gasteiger partial charge in [0.2, 0.25) is 0 Å². The minimum Gasteiger partial charge on any atom is -0.493 e. The summed E-state index contributed by atoms with van der Waals surface area (Å²) in [5.74, 6) is 1.22. The van der Waals surface area contributed by atoms with Crippen LogP contribution in [0.1, 0.15) is 23.0 Å². The Morgan fingerprint density at radius 2 is 2.00 bits per heavy atom. The number of carbonyl (C=O) groups excluding carboxylic acids is 1. The number of nitrogens with zero attached hydrogens (tertiary/aromatic N) is 2. The maximum Gasteiger partial charge on any atom is 0.271 e. The molecular weight excluding hydrogens is 282 g/mol. The predicted molar refractivity (Wildman–Crippen MR) is 83.5 cm³/mol. The van der Waals surface area contributed by atoms with Gasteiger partial charge in [-0.2, -0.15) is 5.10 Å². The Morgan fingerprint density at radius 1 is 1.23 bits per heavy atom. The van der Waals surface area contributed by atoms with Crippen molar-refractivity contribution in [1.29, 1.82) is 0 Å². The van der Waals surface area contributed by atoms with Crippen molar-refractivity contribution in [1.82, 2.24) is 15.1 Å². The third-order valence-electron chi connectivity index (χ3n) is 3.34. The van der Waals surface area contributed by atoms with Crippen LogP contribution in [0.15, 0.2) is 30.5 Å². The van der Waals surface area contributed by atoms with Crippen LogP contribution in [0, 0.1) is 0 Å². The fourth-order valence-corrected chi connectivity index (χ4v) is 2.11. The highest BCUT2D eigenvalue weighted by molar-refractivity contribution is 5.92. The first-order valence-corrected chi connectivity index (χ1v) is 7.20. The fourth-order valence-electron chi connectivity index (χ4n) is 2.11. The van der Waals surface area contributed by atoms with Crippen LogP contribution in [0.4, 0.5) is 0 Å². The number of aryl methyl sites for hydroxylation is 1. The van der Waals surface area contributed by atoms with Gasteiger partial charge in [-0.05, 0) is 37.1 Å². The summed E-state index contributed by atoms with van der Waals surface area (Å²) < 4.78 is 12.2. The molecule has 0 spiro atoms. The van der Waals surface area contributed by atoms with Crippen LogP contribution in [-0.4, -0.2) is 36.5 Å². The van der Waals surface area contributed by atoms with Crippen molar-refractivity contribution >= 4 is 5.91 Å². The summed E-state index contributed by atoms with van der Waals surface area (Å²) in [5.41, 5.74) is 1.51. The molecule has 0 aliphatic heterocycles. The summed E-state index contributed by atoms with van der Waals surface area (Å²) in [6.45, 7) is 3.26. The molecule has 0 saturated heterocycles. The molecule has 2 aromatic rings. The molecule has 0 aliphatic carbocycles. The van der Waals surface area contributed by atoms with Gasteiger partial charge in [-0.25, -0.2) is 0 Å². The van der Waals surface area contributed by atoms with Gasteiger partial charge in [0, 0.05) is 19.3 Å². The number of methoxy groups -OCH3 is 2. The summed E-state index contributed by atoms with van der Waals surface area (Å²) in [6, 6.07) is 7.45. The van der Waals surface area contributed by atoms with E-state index >= 15 is 0 Å². The van der Waals surface area contributed by atoms with Crippen LogP contribution < -0.4 is 14.8 Å². The van der Waals surface area contributed by atoms with E-state index in [1.54, 1.807) is 31.2 Å². The standard InChI is InChI=1S/C16H21N3O3/c1-4-19-10-8-13(18-19)16(20)17-9-7-12-5-6-14(21-2)15(11-12)22-3/h5-6,8,10-11H,4,7,9H2,1-3H3,(H,17,20). The van der Waals surface area contributed by atoms with E-state index in [0.29, 0.717) is 30.2 Å². The Kier molecular flexibility index (Phi) is 5.41. The quantitative estimate of drug-likeness (QED) is 0.848. The molecule has 1 heterocycles. The number of hydrogen-bond acceptors (Lipinski definition) is 4. The average molecular weight is 303 g/mol. The van der Waals surface area contributed by atoms with Gasteiger partial charge in [0.05, 0.1) is 14.2 Å². The van der Waals surface area contributed by atoms with Crippen molar-refractivity contribution in [3.8, 4) is 11.5 Å². The minimum absolute atomic E-state index is 0.160. The van der Waals surface area contributed by atoms with Gasteiger partial charge < -0.3 is 14.8 Å². The smallest absolute Gasteiger partial charge is 0.271 e. The lowest BCUT2D eigenvalue weighted by molar-refractivity contribution is 0.0948. The molecule has 0 atom stereocenters. The van der Waals surface area contributed by atoms with E-state index in [4.69, 9.17) is 9.47 Å². The van der Waals surface area contributed by atoms with E-state index in [2.05, 4.69) is 10.4 Å². The Morgan fingerprint density at radius 3 is 2.64 bits per heavy atom. The first-order chi connectivity index (χ1) is 10.7. The first-order valence-electron chi connectivity index (χ1n) is 7.20. The third kappa shape index (κ3) is 3.78. The number of nitrogens with one attached hydrogen (secondary N) is 1. The van der Waals surface area contributed by atoms with Crippen molar-refractivity contribution < 1.29 is 14.3 Å². The van der Waals surface area contributed by atoms with Gasteiger partial charge in [0.25, 0.3) is 5.91 Å². The zero-order chi connectivity index (χ0) is 15.9. The van der Waals surface area contributed by atoms with Gasteiger partial charge in [-0.3, -0.25) is 9.48 Å². The number of ether oxygens (including phenoxy) is 2. The van der Waals surface area contributed by atoms with Gasteiger partial charge in [-0.1, -0.05) is 6.07 Å². The van der Waals surface area contributed by atoms with E-state index in [1.165, 1.54) is 0 Å². The molecular formula is C16H21N3O3. The summed E-state index contributed by atoms with van der Waals surface area (Å²) in [4.78, 5) is 12.0. The molecule has 1 N–H and O–H groups in total. The van der Waals surface area contributed by atoms with Crippen LogP contribution in [-0.2, 0) is 13.0 Å². The van der Waals surface area contributed by atoms with Crippen LogP contribution in [0.3, 0.4) is 0 Å². The SMILES string of the molecule is CCn1ccc(C(=O)NCCc2ccc(OC)c(OC)c2)n1. The van der Waals surface area contributed by atoms with Gasteiger partial charge in [-0.15, -0.1) is 0 Å². The number of aromatic nitrogens is 2. The summed E-state index contributed by atoms with van der Waals surface area (Å²) in [7, 11) is 3.21. The lowest BCUT2D eigenvalue weighted by Crippen LogP contribution is -2.26. The largest absolute Gasteiger partial charge is 0.493 e. The Balaban J connectivity index is 1.89. The zero-order valence-corrected chi connectivity index (χ0v) is 13.1. The fraction of sp³-hybridized carbons (Fsp3) is 0.375. The molecule has 0 saturated carbocycles. The molecule has 0 bridgehead atoms. The van der Waals surface area contributed by atoms with Gasteiger partial charge >= 0.3 is 0 Å². The topological polar surface area (TPSA) is 65.4 Å². The highest BCUT2D eigenvalue weighted by Gasteiger charge is 2.09. The average Bonchev–Trinajstić information content (AvgIpc) is 3.03. The van der Waals surface area contributed by atoms with Crippen molar-refractivity contribution in [3.05, 3.63) is 41.7 Å². The number of benzene rings is 1. The molecule has 0 radical (unpaired) electrons. The van der Waals surface area contributed by atoms with Crippen molar-refractivity contribution in [2.24, 2.45) is 0 Å². The van der Waals surface area contributed by atoms with Crippen molar-refractivity contribution in [3.63, 3.8) is 0 Å². The highest BCUT2D eigenvalue weighted by atomic mass is 16.5. The minimum atomic E-state index is -0.160. The Labute approximate surface area is 130 Å². The number of rotatable bonds is 7. The van der Waals surface area contributed by atoms with Crippen LogP contribution in [0.2, 0.25) is 0 Å². The molecule has 6 nitrogen and oxygen atoms in total. The third-order valence-corrected chi connectivity index (χ3v) is 3.34. The zero-order valence-electron chi connectivity index (χ0n) is 13.1. The molecule has 118 valence electrons. The van der Waals surface area contributed by atoms with E-state index in [-0.39, 0.29) is 5.91 Å². The first kappa shape index (κ1) is 15.9. The Bertz CT molecular complexity index is 637. The molecule has 1 aromatic carbocycles. The highest BCUT2D eigenvalue weighted by Crippen LogP contribution is 2.27. The predicted octanol–water partition coefficient (Wildman–Crippen LogP) is 1.89. The molecule has 2 rings (SSSR count). The molecule has 0 fully saturated rings. The van der Waals surface area contributed by atoms with Crippen LogP contribution >= 0.6 is 0 Å². The Hall–Kier alpha value is -2.50. The normalized spacial score (nSPS) is 10.3. The molecule has 1 amide bonds. The van der Waals surface area contributed by atoms with Crippen LogP contribution in [0.5, 0.6) is 11.5 Å². The summed E-state index contributed by atoms with van der Waals surface area (Å²) in [5, 5.41) is 7.04. The second-order valence-electron chi connectivity index (χ2n) is 4.75. The maximum absolute atomic E-state index is 12.0. The molecule has 0 aliphatic rings. The van der Waals surface area contributed by atoms with E-state index < -0.39 is 0 Å².